The van der Waals surface area contributed by atoms with Crippen LogP contribution in [0, 0.1) is 6.92 Å². The van der Waals surface area contributed by atoms with Crippen LogP contribution >= 0.6 is 0 Å². The lowest BCUT2D eigenvalue weighted by Crippen LogP contribution is -2.57. The van der Waals surface area contributed by atoms with Crippen LogP contribution in [0.15, 0.2) is 49.1 Å². The number of rotatable bonds is 7. The van der Waals surface area contributed by atoms with Gasteiger partial charge in [-0.05, 0) is 50.5 Å². The Hall–Kier alpha value is -3.47. The van der Waals surface area contributed by atoms with Gasteiger partial charge in [-0.2, -0.15) is 4.98 Å². The van der Waals surface area contributed by atoms with Gasteiger partial charge < -0.3 is 10.5 Å². The molecule has 0 aliphatic carbocycles. The van der Waals surface area contributed by atoms with E-state index in [0.717, 1.165) is 42.8 Å². The number of carbonyl (C=O) groups is 1. The molecule has 0 radical (unpaired) electrons. The molecule has 35 heavy (non-hydrogen) atoms. The van der Waals surface area contributed by atoms with Crippen LogP contribution in [-0.2, 0) is 11.3 Å². The third kappa shape index (κ3) is 5.97. The Morgan fingerprint density at radius 2 is 1.97 bits per heavy atom. The van der Waals surface area contributed by atoms with Gasteiger partial charge in [0.1, 0.15) is 24.7 Å². The van der Waals surface area contributed by atoms with Crippen LogP contribution in [0.1, 0.15) is 43.4 Å². The van der Waals surface area contributed by atoms with E-state index in [1.165, 1.54) is 12.1 Å². The van der Waals surface area contributed by atoms with Crippen molar-refractivity contribution in [3.63, 3.8) is 0 Å². The molecule has 0 bridgehead atoms. The molecule has 1 aliphatic heterocycles. The highest BCUT2D eigenvalue weighted by Crippen LogP contribution is 2.36. The number of aromatic nitrogens is 4. The average molecular weight is 490 g/mol. The minimum atomic E-state index is -4.76. The van der Waals surface area contributed by atoms with Crippen molar-refractivity contribution in [2.45, 2.75) is 58.0 Å². The van der Waals surface area contributed by atoms with Gasteiger partial charge in [-0.15, -0.1) is 13.2 Å². The van der Waals surface area contributed by atoms with Crippen LogP contribution < -0.4 is 15.0 Å². The summed E-state index contributed by atoms with van der Waals surface area (Å²) in [5, 5.41) is 0. The molecule has 1 fully saturated rings. The molecule has 2 atom stereocenters. The fourth-order valence-electron chi connectivity index (χ4n) is 4.86. The molecule has 1 amide bonds. The summed E-state index contributed by atoms with van der Waals surface area (Å²) in [4.78, 5) is 25.6. The van der Waals surface area contributed by atoms with E-state index in [-0.39, 0.29) is 18.2 Å². The fraction of sp³-hybridized carbons (Fsp3) is 0.417. The molecule has 2 unspecified atom stereocenters. The van der Waals surface area contributed by atoms with E-state index in [1.54, 1.807) is 35.4 Å². The second kappa shape index (κ2) is 10.0. The molecular weight excluding hydrogens is 461 g/mol. The minimum Gasteiger partial charge on any atom is -0.406 e. The van der Waals surface area contributed by atoms with Gasteiger partial charge in [-0.1, -0.05) is 0 Å². The number of halogens is 3. The van der Waals surface area contributed by atoms with Crippen LogP contribution in [0.4, 0.5) is 19.0 Å². The summed E-state index contributed by atoms with van der Waals surface area (Å²) in [6.45, 7) is 3.02. The summed E-state index contributed by atoms with van der Waals surface area (Å²) in [6.07, 6.45) is 4.09. The first-order valence-corrected chi connectivity index (χ1v) is 11.5. The molecule has 186 valence electrons. The average Bonchev–Trinajstić information content (AvgIpc) is 3.25. The molecule has 11 heteroatoms. The number of likely N-dealkylation sites (tertiary alicyclic amines) is 1. The van der Waals surface area contributed by atoms with Gasteiger partial charge >= 0.3 is 6.36 Å². The summed E-state index contributed by atoms with van der Waals surface area (Å²) in [5.41, 5.74) is 7.22. The van der Waals surface area contributed by atoms with E-state index in [2.05, 4.69) is 14.7 Å². The van der Waals surface area contributed by atoms with Crippen molar-refractivity contribution >= 4 is 11.7 Å². The molecule has 2 aromatic heterocycles. The SMILES string of the molecule is Cc1cc([N+]2(Cc3ccc(OC(F)(F)F)cc3)CCCCCC2CC(N)=O)nc(-n2ccnc2)n1. The van der Waals surface area contributed by atoms with Gasteiger partial charge in [-0.3, -0.25) is 13.8 Å². The Morgan fingerprint density at radius 3 is 2.63 bits per heavy atom. The number of nitrogens with two attached hydrogens (primary N) is 1. The van der Waals surface area contributed by atoms with Gasteiger partial charge in [0.05, 0.1) is 13.0 Å². The quantitative estimate of drug-likeness (QED) is 0.502. The molecule has 0 spiro atoms. The number of nitrogens with zero attached hydrogens (tertiary/aromatic N) is 5. The number of hydrogen-bond acceptors (Lipinski definition) is 5. The van der Waals surface area contributed by atoms with Gasteiger partial charge in [0.15, 0.2) is 0 Å². The number of carbonyl (C=O) groups excluding carboxylic acids is 1. The van der Waals surface area contributed by atoms with Crippen molar-refractivity contribution in [1.29, 1.82) is 0 Å². The zero-order chi connectivity index (χ0) is 25.1. The number of aryl methyl sites for hydroxylation is 1. The van der Waals surface area contributed by atoms with Crippen molar-refractivity contribution in [3.8, 4) is 11.7 Å². The van der Waals surface area contributed by atoms with E-state index >= 15 is 0 Å². The predicted molar refractivity (Wildman–Crippen MR) is 123 cm³/mol. The van der Waals surface area contributed by atoms with Crippen LogP contribution in [0.3, 0.4) is 0 Å². The first kappa shape index (κ1) is 24.6. The molecule has 8 nitrogen and oxygen atoms in total. The standard InChI is InChI=1S/C24H27F3N6O2/c1-17-13-22(31-23(30-17)32-11-10-29-16-32)33(12-4-2-3-5-19(33)14-21(28)34)15-18-6-8-20(9-7-18)35-24(25,26)27/h6-11,13,16,19H,2-5,12,14-15H2,1H3,(H-,28,34)/p+1. The van der Waals surface area contributed by atoms with Gasteiger partial charge in [-0.25, -0.2) is 9.97 Å². The van der Waals surface area contributed by atoms with Crippen LogP contribution in [0.2, 0.25) is 0 Å². The number of hydrogen-bond donors (Lipinski definition) is 1. The lowest BCUT2D eigenvalue weighted by molar-refractivity contribution is -0.274. The summed E-state index contributed by atoms with van der Waals surface area (Å²) in [6, 6.07) is 7.65. The number of amides is 1. The van der Waals surface area contributed by atoms with Crippen molar-refractivity contribution in [3.05, 3.63) is 60.3 Å². The number of quaternary nitrogens is 1. The molecule has 3 aromatic rings. The Kier molecular flexibility index (Phi) is 7.06. The Balaban J connectivity index is 1.79. The highest BCUT2D eigenvalue weighted by atomic mass is 19.4. The van der Waals surface area contributed by atoms with E-state index in [9.17, 15) is 18.0 Å². The normalized spacial score (nSPS) is 20.9. The zero-order valence-electron chi connectivity index (χ0n) is 19.4. The summed E-state index contributed by atoms with van der Waals surface area (Å²) >= 11 is 0. The van der Waals surface area contributed by atoms with Gasteiger partial charge in [0.25, 0.3) is 0 Å². The fourth-order valence-corrected chi connectivity index (χ4v) is 4.86. The Bertz CT molecular complexity index is 1150. The van der Waals surface area contributed by atoms with E-state index < -0.39 is 12.3 Å². The van der Waals surface area contributed by atoms with Gasteiger partial charge in [0.2, 0.25) is 17.7 Å². The van der Waals surface area contributed by atoms with Crippen molar-refractivity contribution < 1.29 is 22.7 Å². The highest BCUT2D eigenvalue weighted by Gasteiger charge is 2.43. The largest absolute Gasteiger partial charge is 0.573 e. The zero-order valence-corrected chi connectivity index (χ0v) is 19.4. The minimum absolute atomic E-state index is 0.133. The summed E-state index contributed by atoms with van der Waals surface area (Å²) < 4.78 is 44.0. The number of benzene rings is 1. The van der Waals surface area contributed by atoms with Crippen molar-refractivity contribution in [2.24, 2.45) is 5.73 Å². The molecule has 4 rings (SSSR count). The second-order valence-corrected chi connectivity index (χ2v) is 8.92. The van der Waals surface area contributed by atoms with E-state index in [1.807, 2.05) is 13.0 Å². The Morgan fingerprint density at radius 1 is 1.20 bits per heavy atom. The topological polar surface area (TPSA) is 95.9 Å². The van der Waals surface area contributed by atoms with E-state index in [0.29, 0.717) is 23.5 Å². The van der Waals surface area contributed by atoms with Crippen LogP contribution in [0.5, 0.6) is 5.75 Å². The molecule has 1 aromatic carbocycles. The van der Waals surface area contributed by atoms with Crippen LogP contribution in [-0.4, -0.2) is 44.4 Å². The molecular formula is C24H28F3N6O2+. The first-order valence-electron chi connectivity index (χ1n) is 11.5. The maximum atomic E-state index is 12.6. The molecule has 1 saturated heterocycles. The first-order chi connectivity index (χ1) is 16.6. The second-order valence-electron chi connectivity index (χ2n) is 8.92. The third-order valence-corrected chi connectivity index (χ3v) is 6.37. The number of ether oxygens (including phenoxy) is 1. The predicted octanol–water partition coefficient (Wildman–Crippen LogP) is 4.19. The third-order valence-electron chi connectivity index (χ3n) is 6.37. The van der Waals surface area contributed by atoms with Gasteiger partial charge in [0, 0.05) is 36.1 Å². The highest BCUT2D eigenvalue weighted by molar-refractivity contribution is 5.74. The number of primary amides is 1. The monoisotopic (exact) mass is 489 g/mol. The number of imidazole rings is 1. The van der Waals surface area contributed by atoms with Crippen molar-refractivity contribution in [2.75, 3.05) is 6.54 Å². The van der Waals surface area contributed by atoms with Crippen LogP contribution in [0.25, 0.3) is 5.95 Å². The summed E-state index contributed by atoms with van der Waals surface area (Å²) in [7, 11) is 0. The van der Waals surface area contributed by atoms with E-state index in [4.69, 9.17) is 10.7 Å². The van der Waals surface area contributed by atoms with Crippen molar-refractivity contribution in [1.82, 2.24) is 24.0 Å². The smallest absolute Gasteiger partial charge is 0.406 e. The lowest BCUT2D eigenvalue weighted by atomic mass is 10.0. The Labute approximate surface area is 201 Å². The molecule has 3 heterocycles. The summed E-state index contributed by atoms with van der Waals surface area (Å²) in [5.74, 6) is 0.530. The lowest BCUT2D eigenvalue weighted by Gasteiger charge is -2.42. The molecule has 0 saturated carbocycles. The number of alkyl halides is 3. The maximum Gasteiger partial charge on any atom is 0.573 e. The molecule has 2 N–H and O–H groups in total. The molecule has 1 aliphatic rings. The maximum absolute atomic E-state index is 12.6.